The zero-order chi connectivity index (χ0) is 16.9. The maximum absolute atomic E-state index is 12.1. The molecule has 0 bridgehead atoms. The van der Waals surface area contributed by atoms with Crippen LogP contribution in [0.15, 0.2) is 23.8 Å². The van der Waals surface area contributed by atoms with E-state index in [1.54, 1.807) is 0 Å². The van der Waals surface area contributed by atoms with Gasteiger partial charge in [-0.25, -0.2) is 4.79 Å². The largest absolute Gasteiger partial charge is 0.496 e. The average molecular weight is 338 g/mol. The van der Waals surface area contributed by atoms with Gasteiger partial charge < -0.3 is 15.2 Å². The molecule has 0 saturated carbocycles. The number of carboxylic acid groups (broad SMARTS) is 1. The van der Waals surface area contributed by atoms with Crippen LogP contribution >= 0.6 is 11.6 Å². The van der Waals surface area contributed by atoms with Gasteiger partial charge in [0.15, 0.2) is 0 Å². The van der Waals surface area contributed by atoms with Gasteiger partial charge in [0.1, 0.15) is 5.75 Å². The van der Waals surface area contributed by atoms with Crippen LogP contribution in [0.4, 0.5) is 13.2 Å². The molecule has 1 aromatic rings. The third kappa shape index (κ3) is 4.96. The lowest BCUT2D eigenvalue weighted by Crippen LogP contribution is -2.38. The van der Waals surface area contributed by atoms with Gasteiger partial charge in [0, 0.05) is 10.6 Å². The summed E-state index contributed by atoms with van der Waals surface area (Å²) in [7, 11) is 1.34. The van der Waals surface area contributed by atoms with E-state index in [1.807, 2.05) is 0 Å². The summed E-state index contributed by atoms with van der Waals surface area (Å²) in [6.07, 6.45) is -4.01. The molecule has 0 aliphatic carbocycles. The highest BCUT2D eigenvalue weighted by molar-refractivity contribution is 6.30. The lowest BCUT2D eigenvalue weighted by atomic mass is 10.1. The van der Waals surface area contributed by atoms with Crippen molar-refractivity contribution in [3.05, 3.63) is 34.4 Å². The van der Waals surface area contributed by atoms with Crippen molar-refractivity contribution in [3.8, 4) is 5.75 Å². The Balaban J connectivity index is 3.03. The summed E-state index contributed by atoms with van der Waals surface area (Å²) in [6.45, 7) is -0.802. The van der Waals surface area contributed by atoms with Gasteiger partial charge in [-0.2, -0.15) is 13.2 Å². The number of amides is 1. The van der Waals surface area contributed by atoms with Crippen LogP contribution in [-0.4, -0.2) is 36.8 Å². The molecule has 120 valence electrons. The van der Waals surface area contributed by atoms with Crippen molar-refractivity contribution in [3.63, 3.8) is 0 Å². The Kier molecular flexibility index (Phi) is 5.81. The molecular formula is C13H11ClF3NO4. The molecule has 0 aliphatic rings. The van der Waals surface area contributed by atoms with Crippen LogP contribution in [-0.2, 0) is 9.59 Å². The fourth-order valence-electron chi connectivity index (χ4n) is 1.47. The van der Waals surface area contributed by atoms with Crippen LogP contribution in [0.3, 0.4) is 0 Å². The van der Waals surface area contributed by atoms with Crippen LogP contribution in [0.5, 0.6) is 5.75 Å². The van der Waals surface area contributed by atoms with Crippen molar-refractivity contribution >= 4 is 29.6 Å². The first-order chi connectivity index (χ1) is 10.1. The van der Waals surface area contributed by atoms with Crippen LogP contribution in [0.2, 0.25) is 5.02 Å². The summed E-state index contributed by atoms with van der Waals surface area (Å²) in [5.74, 6) is -3.42. The van der Waals surface area contributed by atoms with Gasteiger partial charge in [-0.1, -0.05) is 11.6 Å². The van der Waals surface area contributed by atoms with Crippen LogP contribution in [0.1, 0.15) is 5.56 Å². The lowest BCUT2D eigenvalue weighted by molar-refractivity contribution is -0.173. The van der Waals surface area contributed by atoms with Gasteiger partial charge >= 0.3 is 18.1 Å². The standard InChI is InChI=1S/C13H11ClF3NO4/c1-22-10-3-2-9(14)5-7(10)4-8(11(19)20)6-18-12(21)13(15,16)17/h2-5H,6H2,1H3,(H,18,21)(H,19,20). The first-order valence-corrected chi connectivity index (χ1v) is 6.15. The monoisotopic (exact) mass is 337 g/mol. The van der Waals surface area contributed by atoms with Crippen LogP contribution < -0.4 is 10.1 Å². The first kappa shape index (κ1) is 17.8. The van der Waals surface area contributed by atoms with Crippen molar-refractivity contribution in [2.24, 2.45) is 0 Å². The second-order valence-electron chi connectivity index (χ2n) is 4.04. The van der Waals surface area contributed by atoms with Crippen molar-refractivity contribution in [1.29, 1.82) is 0 Å². The van der Waals surface area contributed by atoms with Crippen molar-refractivity contribution in [2.45, 2.75) is 6.18 Å². The number of hydrogen-bond acceptors (Lipinski definition) is 3. The third-order valence-electron chi connectivity index (χ3n) is 2.49. The smallest absolute Gasteiger partial charge is 0.471 e. The normalized spacial score (nSPS) is 12.0. The number of nitrogens with one attached hydrogen (secondary N) is 1. The number of hydrogen-bond donors (Lipinski definition) is 2. The summed E-state index contributed by atoms with van der Waals surface area (Å²) in [6, 6.07) is 4.36. The van der Waals surface area contributed by atoms with Gasteiger partial charge in [0.05, 0.1) is 19.2 Å². The second-order valence-corrected chi connectivity index (χ2v) is 4.48. The SMILES string of the molecule is COc1ccc(Cl)cc1C=C(CNC(=O)C(F)(F)F)C(=O)O. The zero-order valence-corrected chi connectivity index (χ0v) is 12.0. The van der Waals surface area contributed by atoms with E-state index in [-0.39, 0.29) is 16.3 Å². The summed E-state index contributed by atoms with van der Waals surface area (Å²) in [5, 5.41) is 10.8. The fraction of sp³-hybridized carbons (Fsp3) is 0.231. The van der Waals surface area contributed by atoms with Gasteiger partial charge in [0.2, 0.25) is 0 Å². The molecule has 0 saturated heterocycles. The van der Waals surface area contributed by atoms with Gasteiger partial charge in [-0.05, 0) is 24.3 Å². The van der Waals surface area contributed by atoms with E-state index in [2.05, 4.69) is 0 Å². The molecule has 0 unspecified atom stereocenters. The molecule has 2 N–H and O–H groups in total. The Morgan fingerprint density at radius 1 is 1.41 bits per heavy atom. The number of alkyl halides is 3. The molecule has 0 heterocycles. The predicted octanol–water partition coefficient (Wildman–Crippen LogP) is 2.50. The van der Waals surface area contributed by atoms with E-state index in [4.69, 9.17) is 21.4 Å². The molecular weight excluding hydrogens is 327 g/mol. The predicted molar refractivity (Wildman–Crippen MR) is 72.7 cm³/mol. The number of halogens is 4. The van der Waals surface area contributed by atoms with Gasteiger partial charge in [0.25, 0.3) is 0 Å². The summed E-state index contributed by atoms with van der Waals surface area (Å²) in [5.41, 5.74) is -0.202. The molecule has 0 aromatic heterocycles. The second kappa shape index (κ2) is 7.17. The molecule has 0 radical (unpaired) electrons. The van der Waals surface area contributed by atoms with Gasteiger partial charge in [-0.3, -0.25) is 4.79 Å². The summed E-state index contributed by atoms with van der Waals surface area (Å²) < 4.78 is 41.2. The number of carbonyl (C=O) groups excluding carboxylic acids is 1. The molecule has 22 heavy (non-hydrogen) atoms. The Morgan fingerprint density at radius 2 is 2.05 bits per heavy atom. The Morgan fingerprint density at radius 3 is 2.55 bits per heavy atom. The molecule has 0 atom stereocenters. The Labute approximate surface area is 128 Å². The van der Waals surface area contributed by atoms with Crippen molar-refractivity contribution < 1.29 is 32.6 Å². The van der Waals surface area contributed by atoms with E-state index < -0.39 is 30.2 Å². The van der Waals surface area contributed by atoms with E-state index in [1.165, 1.54) is 30.6 Å². The molecule has 1 rings (SSSR count). The van der Waals surface area contributed by atoms with Crippen molar-refractivity contribution in [1.82, 2.24) is 5.32 Å². The zero-order valence-electron chi connectivity index (χ0n) is 11.2. The van der Waals surface area contributed by atoms with E-state index in [0.29, 0.717) is 0 Å². The maximum atomic E-state index is 12.1. The minimum atomic E-state index is -5.09. The molecule has 1 amide bonds. The number of rotatable bonds is 5. The Hall–Kier alpha value is -2.22. The highest BCUT2D eigenvalue weighted by Gasteiger charge is 2.38. The van der Waals surface area contributed by atoms with E-state index >= 15 is 0 Å². The fourth-order valence-corrected chi connectivity index (χ4v) is 1.65. The number of carboxylic acids is 1. The van der Waals surface area contributed by atoms with E-state index in [0.717, 1.165) is 6.08 Å². The third-order valence-corrected chi connectivity index (χ3v) is 2.73. The number of ether oxygens (including phenoxy) is 1. The topological polar surface area (TPSA) is 75.6 Å². The molecule has 9 heteroatoms. The quantitative estimate of drug-likeness (QED) is 0.809. The summed E-state index contributed by atoms with van der Waals surface area (Å²) in [4.78, 5) is 21.8. The first-order valence-electron chi connectivity index (χ1n) is 5.77. The number of carbonyl (C=O) groups is 2. The maximum Gasteiger partial charge on any atom is 0.471 e. The number of aliphatic carboxylic acids is 1. The molecule has 0 spiro atoms. The van der Waals surface area contributed by atoms with Crippen LogP contribution in [0, 0.1) is 0 Å². The molecule has 5 nitrogen and oxygen atoms in total. The average Bonchev–Trinajstić information content (AvgIpc) is 2.41. The molecule has 0 aliphatic heterocycles. The van der Waals surface area contributed by atoms with Crippen molar-refractivity contribution in [2.75, 3.05) is 13.7 Å². The summed E-state index contributed by atoms with van der Waals surface area (Å²) >= 11 is 5.77. The number of methoxy groups -OCH3 is 1. The highest BCUT2D eigenvalue weighted by atomic mass is 35.5. The minimum Gasteiger partial charge on any atom is -0.496 e. The molecule has 1 aromatic carbocycles. The number of benzene rings is 1. The highest BCUT2D eigenvalue weighted by Crippen LogP contribution is 2.25. The lowest BCUT2D eigenvalue weighted by Gasteiger charge is -2.10. The molecule has 0 fully saturated rings. The van der Waals surface area contributed by atoms with Crippen LogP contribution in [0.25, 0.3) is 6.08 Å². The van der Waals surface area contributed by atoms with Gasteiger partial charge in [-0.15, -0.1) is 0 Å². The minimum absolute atomic E-state index is 0.258. The Bertz CT molecular complexity index is 614. The van der Waals surface area contributed by atoms with E-state index in [9.17, 15) is 22.8 Å².